The van der Waals surface area contributed by atoms with E-state index in [2.05, 4.69) is 35.8 Å². The van der Waals surface area contributed by atoms with Crippen molar-refractivity contribution >= 4 is 5.82 Å². The van der Waals surface area contributed by atoms with Gasteiger partial charge in [-0.2, -0.15) is 5.10 Å². The molecule has 18 heavy (non-hydrogen) atoms. The Labute approximate surface area is 107 Å². The Hall–Kier alpha value is -1.91. The number of rotatable bonds is 4. The van der Waals surface area contributed by atoms with Crippen LogP contribution in [0.5, 0.6) is 0 Å². The van der Waals surface area contributed by atoms with Crippen LogP contribution in [0.2, 0.25) is 0 Å². The highest BCUT2D eigenvalue weighted by Crippen LogP contribution is 2.20. The van der Waals surface area contributed by atoms with E-state index in [-0.39, 0.29) is 5.92 Å². The van der Waals surface area contributed by atoms with E-state index in [4.69, 9.17) is 5.73 Å². The highest BCUT2D eigenvalue weighted by molar-refractivity contribution is 5.60. The summed E-state index contributed by atoms with van der Waals surface area (Å²) >= 11 is 0. The van der Waals surface area contributed by atoms with Crippen molar-refractivity contribution in [1.82, 2.24) is 19.7 Å². The van der Waals surface area contributed by atoms with Crippen molar-refractivity contribution in [1.29, 1.82) is 0 Å². The van der Waals surface area contributed by atoms with Crippen molar-refractivity contribution < 1.29 is 0 Å². The molecular weight excluding hydrogens is 226 g/mol. The Balaban J connectivity index is 2.36. The maximum Gasteiger partial charge on any atom is 0.133 e. The fourth-order valence-corrected chi connectivity index (χ4v) is 1.74. The lowest BCUT2D eigenvalue weighted by Gasteiger charge is -2.06. The van der Waals surface area contributed by atoms with Crippen molar-refractivity contribution in [3.63, 3.8) is 0 Å². The first-order valence-corrected chi connectivity index (χ1v) is 6.27. The molecule has 2 aromatic rings. The van der Waals surface area contributed by atoms with E-state index in [0.29, 0.717) is 5.82 Å². The Bertz CT molecular complexity index is 530. The molecule has 2 aromatic heterocycles. The third kappa shape index (κ3) is 2.67. The number of aryl methyl sites for hydroxylation is 1. The molecule has 0 aliphatic heterocycles. The van der Waals surface area contributed by atoms with E-state index in [9.17, 15) is 0 Å². The molecular formula is C13H19N5. The van der Waals surface area contributed by atoms with E-state index >= 15 is 0 Å². The summed E-state index contributed by atoms with van der Waals surface area (Å²) in [6.07, 6.45) is 4.88. The van der Waals surface area contributed by atoms with Crippen LogP contribution in [-0.2, 0) is 6.54 Å². The standard InChI is InChI=1S/C13H19N5/c1-4-5-18-8-10(7-15-18)11-6-12(14)17-13(16-11)9(2)3/h6-9H,4-5H2,1-3H3,(H2,14,16,17). The zero-order valence-corrected chi connectivity index (χ0v) is 11.1. The van der Waals surface area contributed by atoms with Crippen LogP contribution in [0.3, 0.4) is 0 Å². The van der Waals surface area contributed by atoms with Gasteiger partial charge in [0.25, 0.3) is 0 Å². The van der Waals surface area contributed by atoms with Gasteiger partial charge in [0.05, 0.1) is 11.9 Å². The number of nitrogens with zero attached hydrogens (tertiary/aromatic N) is 4. The lowest BCUT2D eigenvalue weighted by atomic mass is 10.2. The summed E-state index contributed by atoms with van der Waals surface area (Å²) in [7, 11) is 0. The first kappa shape index (κ1) is 12.5. The second-order valence-electron chi connectivity index (χ2n) is 4.68. The van der Waals surface area contributed by atoms with Crippen LogP contribution in [-0.4, -0.2) is 19.7 Å². The van der Waals surface area contributed by atoms with Crippen LogP contribution in [0, 0.1) is 0 Å². The van der Waals surface area contributed by atoms with E-state index in [1.165, 1.54) is 0 Å². The lowest BCUT2D eigenvalue weighted by molar-refractivity contribution is 0.603. The van der Waals surface area contributed by atoms with E-state index in [1.54, 1.807) is 6.07 Å². The average Bonchev–Trinajstić information content (AvgIpc) is 2.77. The van der Waals surface area contributed by atoms with Gasteiger partial charge in [-0.15, -0.1) is 0 Å². The fraction of sp³-hybridized carbons (Fsp3) is 0.462. The molecule has 0 aliphatic rings. The predicted octanol–water partition coefficient (Wildman–Crippen LogP) is 2.46. The minimum absolute atomic E-state index is 0.262. The van der Waals surface area contributed by atoms with Crippen LogP contribution in [0.15, 0.2) is 18.5 Å². The highest BCUT2D eigenvalue weighted by Gasteiger charge is 2.09. The Morgan fingerprint density at radius 2 is 2.11 bits per heavy atom. The molecule has 2 rings (SSSR count). The minimum atomic E-state index is 0.262. The van der Waals surface area contributed by atoms with Crippen molar-refractivity contribution in [3.8, 4) is 11.3 Å². The SMILES string of the molecule is CCCn1cc(-c2cc(N)nc(C(C)C)n2)cn1. The maximum atomic E-state index is 5.82. The Morgan fingerprint density at radius 3 is 2.78 bits per heavy atom. The van der Waals surface area contributed by atoms with E-state index in [1.807, 2.05) is 17.1 Å². The number of hydrogen-bond donors (Lipinski definition) is 1. The number of nitrogen functional groups attached to an aromatic ring is 1. The molecule has 5 nitrogen and oxygen atoms in total. The largest absolute Gasteiger partial charge is 0.384 e. The Kier molecular flexibility index (Phi) is 3.60. The third-order valence-electron chi connectivity index (χ3n) is 2.66. The highest BCUT2D eigenvalue weighted by atomic mass is 15.3. The van der Waals surface area contributed by atoms with Crippen molar-refractivity contribution in [2.24, 2.45) is 0 Å². The third-order valence-corrected chi connectivity index (χ3v) is 2.66. The van der Waals surface area contributed by atoms with Crippen molar-refractivity contribution in [3.05, 3.63) is 24.3 Å². The van der Waals surface area contributed by atoms with Crippen LogP contribution in [0.1, 0.15) is 38.9 Å². The quantitative estimate of drug-likeness (QED) is 0.898. The minimum Gasteiger partial charge on any atom is -0.384 e. The molecule has 0 saturated carbocycles. The van der Waals surface area contributed by atoms with Gasteiger partial charge in [-0.25, -0.2) is 9.97 Å². The number of nitrogens with two attached hydrogens (primary N) is 1. The molecule has 0 unspecified atom stereocenters. The lowest BCUT2D eigenvalue weighted by Crippen LogP contribution is -2.02. The molecule has 0 bridgehead atoms. The zero-order chi connectivity index (χ0) is 13.1. The molecule has 0 amide bonds. The summed E-state index contributed by atoms with van der Waals surface area (Å²) in [6.45, 7) is 7.15. The van der Waals surface area contributed by atoms with Gasteiger partial charge >= 0.3 is 0 Å². The summed E-state index contributed by atoms with van der Waals surface area (Å²) < 4.78 is 1.92. The summed E-state index contributed by atoms with van der Waals surface area (Å²) in [5.41, 5.74) is 7.65. The Morgan fingerprint density at radius 1 is 1.33 bits per heavy atom. The number of aromatic nitrogens is 4. The monoisotopic (exact) mass is 245 g/mol. The average molecular weight is 245 g/mol. The molecule has 96 valence electrons. The van der Waals surface area contributed by atoms with Gasteiger partial charge in [0, 0.05) is 30.3 Å². The predicted molar refractivity (Wildman–Crippen MR) is 72.0 cm³/mol. The molecule has 5 heteroatoms. The second-order valence-corrected chi connectivity index (χ2v) is 4.68. The maximum absolute atomic E-state index is 5.82. The van der Waals surface area contributed by atoms with Gasteiger partial charge in [0.15, 0.2) is 0 Å². The molecule has 2 N–H and O–H groups in total. The van der Waals surface area contributed by atoms with Gasteiger partial charge in [-0.1, -0.05) is 20.8 Å². The van der Waals surface area contributed by atoms with Crippen molar-refractivity contribution in [2.45, 2.75) is 39.7 Å². The smallest absolute Gasteiger partial charge is 0.133 e. The van der Waals surface area contributed by atoms with Crippen LogP contribution < -0.4 is 5.73 Å². The molecule has 0 saturated heterocycles. The van der Waals surface area contributed by atoms with E-state index < -0.39 is 0 Å². The first-order valence-electron chi connectivity index (χ1n) is 6.27. The van der Waals surface area contributed by atoms with Gasteiger partial charge in [0.2, 0.25) is 0 Å². The molecule has 0 radical (unpaired) electrons. The first-order chi connectivity index (χ1) is 8.60. The van der Waals surface area contributed by atoms with Gasteiger partial charge in [0.1, 0.15) is 11.6 Å². The summed E-state index contributed by atoms with van der Waals surface area (Å²) in [5, 5.41) is 4.30. The zero-order valence-electron chi connectivity index (χ0n) is 11.1. The summed E-state index contributed by atoms with van der Waals surface area (Å²) in [6, 6.07) is 1.79. The van der Waals surface area contributed by atoms with Crippen LogP contribution in [0.4, 0.5) is 5.82 Å². The molecule has 2 heterocycles. The molecule has 0 aliphatic carbocycles. The van der Waals surface area contributed by atoms with Gasteiger partial charge < -0.3 is 5.73 Å². The second kappa shape index (κ2) is 5.16. The van der Waals surface area contributed by atoms with Gasteiger partial charge in [-0.05, 0) is 6.42 Å². The summed E-state index contributed by atoms with van der Waals surface area (Å²) in [4.78, 5) is 8.77. The summed E-state index contributed by atoms with van der Waals surface area (Å²) in [5.74, 6) is 1.54. The molecule has 0 atom stereocenters. The van der Waals surface area contributed by atoms with Gasteiger partial charge in [-0.3, -0.25) is 4.68 Å². The van der Waals surface area contributed by atoms with Crippen LogP contribution >= 0.6 is 0 Å². The van der Waals surface area contributed by atoms with E-state index in [0.717, 1.165) is 30.0 Å². The number of anilines is 1. The molecule has 0 spiro atoms. The molecule has 0 aromatic carbocycles. The number of hydrogen-bond acceptors (Lipinski definition) is 4. The normalized spacial score (nSPS) is 11.1. The molecule has 0 fully saturated rings. The topological polar surface area (TPSA) is 69.6 Å². The fourth-order valence-electron chi connectivity index (χ4n) is 1.74. The van der Waals surface area contributed by atoms with Crippen molar-refractivity contribution in [2.75, 3.05) is 5.73 Å². The van der Waals surface area contributed by atoms with Crippen LogP contribution in [0.25, 0.3) is 11.3 Å².